The Labute approximate surface area is 106 Å². The minimum absolute atomic E-state index is 0.0545. The van der Waals surface area contributed by atoms with E-state index in [0.29, 0.717) is 11.4 Å². The highest BCUT2D eigenvalue weighted by Crippen LogP contribution is 2.24. The van der Waals surface area contributed by atoms with Gasteiger partial charge in [-0.2, -0.15) is 0 Å². The zero-order chi connectivity index (χ0) is 12.3. The maximum Gasteiger partial charge on any atom is 0.242 e. The van der Waals surface area contributed by atoms with Crippen LogP contribution in [0.1, 0.15) is 20.3 Å². The van der Waals surface area contributed by atoms with Crippen molar-refractivity contribution >= 4 is 33.2 Å². The predicted octanol–water partition coefficient (Wildman–Crippen LogP) is 3.07. The molecule has 0 saturated carbocycles. The number of benzene rings is 1. The summed E-state index contributed by atoms with van der Waals surface area (Å²) in [6.45, 7) is 3.69. The van der Waals surface area contributed by atoms with E-state index in [1.165, 1.54) is 18.2 Å². The van der Waals surface area contributed by atoms with E-state index in [4.69, 9.17) is 23.2 Å². The van der Waals surface area contributed by atoms with Crippen LogP contribution in [-0.4, -0.2) is 14.5 Å². The van der Waals surface area contributed by atoms with Crippen molar-refractivity contribution in [1.82, 2.24) is 4.72 Å². The number of sulfonamides is 1. The fraction of sp³-hybridized carbons (Fsp3) is 0.400. The monoisotopic (exact) mass is 281 g/mol. The SMILES string of the molecule is CC[C@H](C)NS(=O)(=O)c1ccc(Cl)cc1Cl. The molecule has 0 radical (unpaired) electrons. The number of hydrogen-bond donors (Lipinski definition) is 1. The van der Waals surface area contributed by atoms with Crippen molar-refractivity contribution < 1.29 is 8.42 Å². The lowest BCUT2D eigenvalue weighted by Gasteiger charge is -2.13. The standard InChI is InChI=1S/C10H13Cl2NO2S/c1-3-7(2)13-16(14,15)10-5-4-8(11)6-9(10)12/h4-7,13H,3H2,1-2H3/t7-/m0/s1. The van der Waals surface area contributed by atoms with Crippen molar-refractivity contribution in [3.8, 4) is 0 Å². The summed E-state index contributed by atoms with van der Waals surface area (Å²) in [5.74, 6) is 0. The van der Waals surface area contributed by atoms with Crippen LogP contribution >= 0.6 is 23.2 Å². The molecular formula is C10H13Cl2NO2S. The predicted molar refractivity (Wildman–Crippen MR) is 66.5 cm³/mol. The molecule has 0 amide bonds. The van der Waals surface area contributed by atoms with E-state index in [0.717, 1.165) is 0 Å². The minimum atomic E-state index is -3.56. The summed E-state index contributed by atoms with van der Waals surface area (Å²) in [6, 6.07) is 4.18. The largest absolute Gasteiger partial charge is 0.242 e. The minimum Gasteiger partial charge on any atom is -0.208 e. The van der Waals surface area contributed by atoms with Gasteiger partial charge in [-0.15, -0.1) is 0 Å². The summed E-state index contributed by atoms with van der Waals surface area (Å²) in [4.78, 5) is 0.0545. The van der Waals surface area contributed by atoms with E-state index >= 15 is 0 Å². The summed E-state index contributed by atoms with van der Waals surface area (Å²) in [6.07, 6.45) is 0.713. The second kappa shape index (κ2) is 5.36. The Morgan fingerprint density at radius 2 is 2.00 bits per heavy atom. The normalized spacial score (nSPS) is 13.8. The van der Waals surface area contributed by atoms with E-state index in [2.05, 4.69) is 4.72 Å². The molecule has 0 aliphatic heterocycles. The highest BCUT2D eigenvalue weighted by atomic mass is 35.5. The van der Waals surface area contributed by atoms with Gasteiger partial charge >= 0.3 is 0 Å². The van der Waals surface area contributed by atoms with Crippen LogP contribution in [0.5, 0.6) is 0 Å². The highest BCUT2D eigenvalue weighted by Gasteiger charge is 2.19. The fourth-order valence-corrected chi connectivity index (χ4v) is 3.20. The lowest BCUT2D eigenvalue weighted by Crippen LogP contribution is -2.32. The van der Waals surface area contributed by atoms with Crippen molar-refractivity contribution in [3.05, 3.63) is 28.2 Å². The Balaban J connectivity index is 3.08. The van der Waals surface area contributed by atoms with Crippen LogP contribution in [0.3, 0.4) is 0 Å². The van der Waals surface area contributed by atoms with Crippen LogP contribution in [-0.2, 0) is 10.0 Å². The van der Waals surface area contributed by atoms with Crippen LogP contribution in [0.2, 0.25) is 10.0 Å². The molecule has 0 unspecified atom stereocenters. The van der Waals surface area contributed by atoms with Gasteiger partial charge < -0.3 is 0 Å². The third-order valence-electron chi connectivity index (χ3n) is 2.15. The summed E-state index contributed by atoms with van der Waals surface area (Å²) in [5.41, 5.74) is 0. The molecule has 0 bridgehead atoms. The zero-order valence-electron chi connectivity index (χ0n) is 9.00. The van der Waals surface area contributed by atoms with E-state index in [-0.39, 0.29) is 16.0 Å². The van der Waals surface area contributed by atoms with Gasteiger partial charge in [0, 0.05) is 11.1 Å². The maximum atomic E-state index is 11.9. The van der Waals surface area contributed by atoms with E-state index in [1.54, 1.807) is 6.92 Å². The second-order valence-electron chi connectivity index (χ2n) is 3.51. The molecule has 1 N–H and O–H groups in total. The second-order valence-corrected chi connectivity index (χ2v) is 6.03. The number of nitrogens with one attached hydrogen (secondary N) is 1. The van der Waals surface area contributed by atoms with Crippen molar-refractivity contribution in [2.45, 2.75) is 31.2 Å². The molecule has 1 aromatic rings. The first-order chi connectivity index (χ1) is 7.36. The van der Waals surface area contributed by atoms with Crippen LogP contribution < -0.4 is 4.72 Å². The number of rotatable bonds is 4. The van der Waals surface area contributed by atoms with Crippen molar-refractivity contribution in [2.24, 2.45) is 0 Å². The average Bonchev–Trinajstić information content (AvgIpc) is 2.16. The Morgan fingerprint density at radius 1 is 1.38 bits per heavy atom. The third-order valence-corrected chi connectivity index (χ3v) is 4.46. The maximum absolute atomic E-state index is 11.9. The van der Waals surface area contributed by atoms with Gasteiger partial charge in [0.2, 0.25) is 10.0 Å². The molecule has 0 fully saturated rings. The van der Waals surface area contributed by atoms with Gasteiger partial charge in [-0.05, 0) is 31.5 Å². The Hall–Kier alpha value is -0.290. The summed E-state index contributed by atoms with van der Waals surface area (Å²) >= 11 is 11.5. The topological polar surface area (TPSA) is 46.2 Å². The van der Waals surface area contributed by atoms with Gasteiger partial charge in [0.25, 0.3) is 0 Å². The van der Waals surface area contributed by atoms with Gasteiger partial charge in [-0.3, -0.25) is 0 Å². The Morgan fingerprint density at radius 3 is 2.50 bits per heavy atom. The zero-order valence-corrected chi connectivity index (χ0v) is 11.3. The molecule has 0 spiro atoms. The Kier molecular flexibility index (Phi) is 4.62. The van der Waals surface area contributed by atoms with Gasteiger partial charge in [0.1, 0.15) is 4.90 Å². The summed E-state index contributed by atoms with van der Waals surface area (Å²) in [7, 11) is -3.56. The fourth-order valence-electron chi connectivity index (χ4n) is 1.10. The molecule has 1 aromatic carbocycles. The van der Waals surface area contributed by atoms with E-state index < -0.39 is 10.0 Å². The third kappa shape index (κ3) is 3.35. The number of hydrogen-bond acceptors (Lipinski definition) is 2. The molecule has 16 heavy (non-hydrogen) atoms. The van der Waals surface area contributed by atoms with E-state index in [1.807, 2.05) is 6.92 Å². The van der Waals surface area contributed by atoms with Gasteiger partial charge in [-0.25, -0.2) is 13.1 Å². The molecule has 1 atom stereocenters. The lowest BCUT2D eigenvalue weighted by atomic mass is 10.3. The van der Waals surface area contributed by atoms with Crippen molar-refractivity contribution in [3.63, 3.8) is 0 Å². The lowest BCUT2D eigenvalue weighted by molar-refractivity contribution is 0.556. The first-order valence-electron chi connectivity index (χ1n) is 4.84. The van der Waals surface area contributed by atoms with Crippen LogP contribution in [0.4, 0.5) is 0 Å². The number of halogens is 2. The molecule has 0 aromatic heterocycles. The first-order valence-corrected chi connectivity index (χ1v) is 7.08. The quantitative estimate of drug-likeness (QED) is 0.922. The molecular weight excluding hydrogens is 269 g/mol. The molecule has 6 heteroatoms. The molecule has 0 aliphatic rings. The molecule has 1 rings (SSSR count). The van der Waals surface area contributed by atoms with Gasteiger partial charge in [-0.1, -0.05) is 30.1 Å². The molecule has 0 saturated heterocycles. The van der Waals surface area contributed by atoms with Crippen molar-refractivity contribution in [1.29, 1.82) is 0 Å². The Bertz CT molecular complexity index is 474. The summed E-state index contributed by atoms with van der Waals surface area (Å²) in [5, 5.41) is 0.538. The smallest absolute Gasteiger partial charge is 0.208 e. The molecule has 0 aliphatic carbocycles. The van der Waals surface area contributed by atoms with Crippen LogP contribution in [0.25, 0.3) is 0 Å². The van der Waals surface area contributed by atoms with E-state index in [9.17, 15) is 8.42 Å². The van der Waals surface area contributed by atoms with Crippen LogP contribution in [0.15, 0.2) is 23.1 Å². The first kappa shape index (κ1) is 13.8. The molecule has 3 nitrogen and oxygen atoms in total. The van der Waals surface area contributed by atoms with Gasteiger partial charge in [0.15, 0.2) is 0 Å². The van der Waals surface area contributed by atoms with Crippen LogP contribution in [0, 0.1) is 0 Å². The molecule has 90 valence electrons. The highest BCUT2D eigenvalue weighted by molar-refractivity contribution is 7.89. The van der Waals surface area contributed by atoms with Gasteiger partial charge in [0.05, 0.1) is 5.02 Å². The van der Waals surface area contributed by atoms with Crippen molar-refractivity contribution in [2.75, 3.05) is 0 Å². The molecule has 0 heterocycles. The summed E-state index contributed by atoms with van der Waals surface area (Å²) < 4.78 is 26.3. The average molecular weight is 282 g/mol.